The molecule has 0 aliphatic heterocycles. The lowest BCUT2D eigenvalue weighted by Crippen LogP contribution is -2.10. The molecule has 1 aromatic rings. The molecule has 0 bridgehead atoms. The minimum atomic E-state index is -0.656. The van der Waals surface area contributed by atoms with Gasteiger partial charge in [-0.15, -0.1) is 0 Å². The van der Waals surface area contributed by atoms with E-state index in [1.165, 1.54) is 12.7 Å². The second-order valence-corrected chi connectivity index (χ2v) is 3.95. The van der Waals surface area contributed by atoms with Crippen LogP contribution in [0.15, 0.2) is 18.2 Å². The molecule has 0 fully saturated rings. The molecule has 0 aromatic heterocycles. The second kappa shape index (κ2) is 6.94. The first-order chi connectivity index (χ1) is 8.22. The molecule has 0 saturated heterocycles. The first kappa shape index (κ1) is 13.6. The number of aryl methyl sites for hydroxylation is 1. The topological polar surface area (TPSA) is 35.5 Å². The Kier molecular flexibility index (Phi) is 5.53. The molecule has 3 nitrogen and oxygen atoms in total. The zero-order chi connectivity index (χ0) is 12.7. The predicted molar refractivity (Wildman–Crippen MR) is 67.5 cm³/mol. The van der Waals surface area contributed by atoms with Crippen LogP contribution in [0.5, 0.6) is 5.75 Å². The van der Waals surface area contributed by atoms with E-state index in [1.54, 1.807) is 0 Å². The van der Waals surface area contributed by atoms with E-state index in [4.69, 9.17) is 4.74 Å². The molecule has 0 atom stereocenters. The quantitative estimate of drug-likeness (QED) is 0.577. The van der Waals surface area contributed by atoms with Gasteiger partial charge in [0, 0.05) is 0 Å². The highest BCUT2D eigenvalue weighted by atomic mass is 16.7. The molecule has 3 heteroatoms. The van der Waals surface area contributed by atoms with Crippen LogP contribution in [0, 0.1) is 0 Å². The van der Waals surface area contributed by atoms with Crippen molar-refractivity contribution in [1.29, 1.82) is 0 Å². The number of methoxy groups -OCH3 is 1. The van der Waals surface area contributed by atoms with Crippen LogP contribution in [-0.4, -0.2) is 13.3 Å². The van der Waals surface area contributed by atoms with Crippen LogP contribution in [0.4, 0.5) is 4.79 Å². The number of benzene rings is 1. The molecule has 0 unspecified atom stereocenters. The maximum atomic E-state index is 11.2. The van der Waals surface area contributed by atoms with Gasteiger partial charge in [-0.2, -0.15) is 0 Å². The monoisotopic (exact) mass is 236 g/mol. The van der Waals surface area contributed by atoms with Gasteiger partial charge in [-0.3, -0.25) is 0 Å². The highest BCUT2D eigenvalue weighted by Gasteiger charge is 2.12. The van der Waals surface area contributed by atoms with Crippen molar-refractivity contribution in [3.05, 3.63) is 29.3 Å². The fourth-order valence-corrected chi connectivity index (χ4v) is 1.88. The minimum absolute atomic E-state index is 0.629. The Hall–Kier alpha value is -1.51. The second-order valence-electron chi connectivity index (χ2n) is 3.95. The summed E-state index contributed by atoms with van der Waals surface area (Å²) in [6, 6.07) is 5.84. The van der Waals surface area contributed by atoms with E-state index < -0.39 is 6.16 Å². The molecule has 0 aliphatic carbocycles. The Morgan fingerprint density at radius 3 is 2.47 bits per heavy atom. The van der Waals surface area contributed by atoms with Gasteiger partial charge in [0.25, 0.3) is 0 Å². The summed E-state index contributed by atoms with van der Waals surface area (Å²) in [6.07, 6.45) is 3.38. The maximum Gasteiger partial charge on any atom is 0.513 e. The molecule has 94 valence electrons. The average molecular weight is 236 g/mol. The zero-order valence-corrected chi connectivity index (χ0v) is 10.8. The van der Waals surface area contributed by atoms with Crippen LogP contribution in [0.25, 0.3) is 0 Å². The van der Waals surface area contributed by atoms with Crippen LogP contribution in [-0.2, 0) is 17.6 Å². The van der Waals surface area contributed by atoms with Gasteiger partial charge in [0.05, 0.1) is 7.11 Å². The van der Waals surface area contributed by atoms with Gasteiger partial charge >= 0.3 is 6.16 Å². The van der Waals surface area contributed by atoms with Gasteiger partial charge < -0.3 is 9.47 Å². The Balaban J connectivity index is 3.01. The summed E-state index contributed by atoms with van der Waals surface area (Å²) in [4.78, 5) is 11.2. The summed E-state index contributed by atoms with van der Waals surface area (Å²) >= 11 is 0. The maximum absolute atomic E-state index is 11.2. The van der Waals surface area contributed by atoms with Crippen molar-refractivity contribution in [2.45, 2.75) is 39.5 Å². The molecular weight excluding hydrogens is 216 g/mol. The molecule has 0 N–H and O–H groups in total. The number of ether oxygens (including phenoxy) is 2. The van der Waals surface area contributed by atoms with E-state index in [-0.39, 0.29) is 0 Å². The summed E-state index contributed by atoms with van der Waals surface area (Å²) in [5.74, 6) is 0.629. The lowest BCUT2D eigenvalue weighted by atomic mass is 9.99. The summed E-state index contributed by atoms with van der Waals surface area (Å²) < 4.78 is 9.70. The van der Waals surface area contributed by atoms with E-state index in [0.29, 0.717) is 5.75 Å². The van der Waals surface area contributed by atoms with Crippen molar-refractivity contribution >= 4 is 6.16 Å². The molecule has 17 heavy (non-hydrogen) atoms. The summed E-state index contributed by atoms with van der Waals surface area (Å²) in [5.41, 5.74) is 2.39. The van der Waals surface area contributed by atoms with E-state index >= 15 is 0 Å². The average Bonchev–Trinajstić information content (AvgIpc) is 2.33. The molecule has 0 aliphatic rings. The summed E-state index contributed by atoms with van der Waals surface area (Å²) in [7, 11) is 1.32. The normalized spacial score (nSPS) is 10.1. The molecule has 1 rings (SSSR count). The largest absolute Gasteiger partial charge is 0.513 e. The van der Waals surface area contributed by atoms with Crippen LogP contribution < -0.4 is 4.74 Å². The third-order valence-electron chi connectivity index (χ3n) is 2.61. The van der Waals surface area contributed by atoms with Crippen LogP contribution in [0.1, 0.15) is 37.8 Å². The first-order valence-corrected chi connectivity index (χ1v) is 6.09. The lowest BCUT2D eigenvalue weighted by molar-refractivity contribution is 0.121. The van der Waals surface area contributed by atoms with Gasteiger partial charge in [-0.1, -0.05) is 38.8 Å². The third-order valence-corrected chi connectivity index (χ3v) is 2.61. The Labute approximate surface area is 103 Å². The Bertz CT molecular complexity index is 372. The smallest absolute Gasteiger partial charge is 0.437 e. The van der Waals surface area contributed by atoms with E-state index in [1.807, 2.05) is 12.1 Å². The van der Waals surface area contributed by atoms with Gasteiger partial charge in [-0.05, 0) is 30.0 Å². The van der Waals surface area contributed by atoms with Crippen molar-refractivity contribution in [3.63, 3.8) is 0 Å². The highest BCUT2D eigenvalue weighted by molar-refractivity contribution is 5.64. The number of hydrogen-bond acceptors (Lipinski definition) is 3. The number of carbonyl (C=O) groups excluding carboxylic acids is 1. The van der Waals surface area contributed by atoms with E-state index in [2.05, 4.69) is 24.7 Å². The minimum Gasteiger partial charge on any atom is -0.437 e. The van der Waals surface area contributed by atoms with Gasteiger partial charge in [0.2, 0.25) is 0 Å². The standard InChI is InChI=1S/C14H20O3/c1-4-7-11-9-6-10-13(12(11)8-5-2)17-14(15)16-3/h6,9-10H,4-5,7-8H2,1-3H3. The van der Waals surface area contributed by atoms with Crippen molar-refractivity contribution < 1.29 is 14.3 Å². The molecule has 0 heterocycles. The molecule has 0 radical (unpaired) electrons. The lowest BCUT2D eigenvalue weighted by Gasteiger charge is -2.13. The Morgan fingerprint density at radius 1 is 1.18 bits per heavy atom. The van der Waals surface area contributed by atoms with Crippen LogP contribution >= 0.6 is 0 Å². The Morgan fingerprint density at radius 2 is 1.88 bits per heavy atom. The SMILES string of the molecule is CCCc1cccc(OC(=O)OC)c1CCC. The van der Waals surface area contributed by atoms with E-state index in [0.717, 1.165) is 31.2 Å². The van der Waals surface area contributed by atoms with Gasteiger partial charge in [-0.25, -0.2) is 4.79 Å². The van der Waals surface area contributed by atoms with Crippen LogP contribution in [0.2, 0.25) is 0 Å². The van der Waals surface area contributed by atoms with Gasteiger partial charge in [0.1, 0.15) is 5.75 Å². The van der Waals surface area contributed by atoms with Crippen molar-refractivity contribution in [1.82, 2.24) is 0 Å². The van der Waals surface area contributed by atoms with Crippen molar-refractivity contribution in [3.8, 4) is 5.75 Å². The molecule has 0 saturated carbocycles. The van der Waals surface area contributed by atoms with Crippen molar-refractivity contribution in [2.24, 2.45) is 0 Å². The summed E-state index contributed by atoms with van der Waals surface area (Å²) in [5, 5.41) is 0. The van der Waals surface area contributed by atoms with Crippen molar-refractivity contribution in [2.75, 3.05) is 7.11 Å². The number of carbonyl (C=O) groups is 1. The van der Waals surface area contributed by atoms with Crippen LogP contribution in [0.3, 0.4) is 0 Å². The van der Waals surface area contributed by atoms with Gasteiger partial charge in [0.15, 0.2) is 0 Å². The highest BCUT2D eigenvalue weighted by Crippen LogP contribution is 2.25. The fraction of sp³-hybridized carbons (Fsp3) is 0.500. The molecular formula is C14H20O3. The summed E-state index contributed by atoms with van der Waals surface area (Å²) in [6.45, 7) is 4.26. The molecule has 0 spiro atoms. The predicted octanol–water partition coefficient (Wildman–Crippen LogP) is 3.74. The number of hydrogen-bond donors (Lipinski definition) is 0. The fourth-order valence-electron chi connectivity index (χ4n) is 1.88. The van der Waals surface area contributed by atoms with E-state index in [9.17, 15) is 4.79 Å². The number of rotatable bonds is 5. The molecule has 0 amide bonds. The first-order valence-electron chi connectivity index (χ1n) is 6.09. The third kappa shape index (κ3) is 3.77. The molecule has 1 aromatic carbocycles. The zero-order valence-electron chi connectivity index (χ0n) is 10.8.